The highest BCUT2D eigenvalue weighted by Gasteiger charge is 2.22. The maximum absolute atomic E-state index is 14.0. The van der Waals surface area contributed by atoms with Crippen molar-refractivity contribution in [2.45, 2.75) is 25.2 Å². The molecule has 0 atom stereocenters. The quantitative estimate of drug-likeness (QED) is 0.790. The van der Waals surface area contributed by atoms with E-state index >= 15 is 0 Å². The van der Waals surface area contributed by atoms with Gasteiger partial charge in [0.1, 0.15) is 5.82 Å². The standard InChI is InChI=1S/C14H20BrFN2/c1-11(2)17-6-8-18(9-7-17)14-12(10-15)4-3-5-13(14)16/h3-5,11H,6-10H2,1-2H3. The first-order chi connectivity index (χ1) is 8.63. The van der Waals surface area contributed by atoms with Crippen molar-refractivity contribution in [2.24, 2.45) is 0 Å². The van der Waals surface area contributed by atoms with Crippen LogP contribution in [-0.4, -0.2) is 37.1 Å². The van der Waals surface area contributed by atoms with Crippen LogP contribution in [0.1, 0.15) is 19.4 Å². The summed E-state index contributed by atoms with van der Waals surface area (Å²) in [5.74, 6) is -0.107. The highest BCUT2D eigenvalue weighted by Crippen LogP contribution is 2.27. The van der Waals surface area contributed by atoms with Crippen LogP contribution in [0.2, 0.25) is 0 Å². The fourth-order valence-corrected chi connectivity index (χ4v) is 2.94. The average molecular weight is 315 g/mol. The van der Waals surface area contributed by atoms with E-state index in [0.717, 1.165) is 37.4 Å². The van der Waals surface area contributed by atoms with Crippen LogP contribution in [-0.2, 0) is 5.33 Å². The number of alkyl halides is 1. The summed E-state index contributed by atoms with van der Waals surface area (Å²) in [7, 11) is 0. The van der Waals surface area contributed by atoms with E-state index in [1.807, 2.05) is 6.07 Å². The van der Waals surface area contributed by atoms with Crippen LogP contribution < -0.4 is 4.90 Å². The molecule has 1 aliphatic heterocycles. The fourth-order valence-electron chi connectivity index (χ4n) is 2.48. The number of halogens is 2. The second kappa shape index (κ2) is 6.02. The zero-order valence-corrected chi connectivity index (χ0v) is 12.6. The zero-order chi connectivity index (χ0) is 13.1. The Bertz CT molecular complexity index is 401. The number of hydrogen-bond acceptors (Lipinski definition) is 2. The van der Waals surface area contributed by atoms with Gasteiger partial charge in [-0.05, 0) is 25.5 Å². The summed E-state index contributed by atoms with van der Waals surface area (Å²) in [6, 6.07) is 5.89. The van der Waals surface area contributed by atoms with Crippen molar-refractivity contribution in [1.82, 2.24) is 4.90 Å². The van der Waals surface area contributed by atoms with Crippen molar-refractivity contribution in [3.05, 3.63) is 29.6 Å². The van der Waals surface area contributed by atoms with Gasteiger partial charge in [-0.2, -0.15) is 0 Å². The van der Waals surface area contributed by atoms with Crippen molar-refractivity contribution in [3.8, 4) is 0 Å². The normalized spacial score (nSPS) is 17.5. The van der Waals surface area contributed by atoms with E-state index in [9.17, 15) is 4.39 Å². The Morgan fingerprint density at radius 2 is 1.89 bits per heavy atom. The van der Waals surface area contributed by atoms with Gasteiger partial charge < -0.3 is 4.90 Å². The summed E-state index contributed by atoms with van der Waals surface area (Å²) in [5.41, 5.74) is 1.81. The second-order valence-electron chi connectivity index (χ2n) is 5.00. The lowest BCUT2D eigenvalue weighted by Gasteiger charge is -2.38. The molecule has 4 heteroatoms. The lowest BCUT2D eigenvalue weighted by atomic mass is 10.1. The van der Waals surface area contributed by atoms with Gasteiger partial charge in [0.15, 0.2) is 0 Å². The third kappa shape index (κ3) is 2.86. The third-order valence-electron chi connectivity index (χ3n) is 3.58. The number of rotatable bonds is 3. The highest BCUT2D eigenvalue weighted by atomic mass is 79.9. The third-order valence-corrected chi connectivity index (χ3v) is 4.18. The van der Waals surface area contributed by atoms with E-state index < -0.39 is 0 Å². The first-order valence-electron chi connectivity index (χ1n) is 6.46. The molecule has 0 saturated carbocycles. The van der Waals surface area contributed by atoms with Crippen molar-refractivity contribution in [1.29, 1.82) is 0 Å². The molecule has 0 bridgehead atoms. The Balaban J connectivity index is 2.14. The molecule has 0 radical (unpaired) electrons. The van der Waals surface area contributed by atoms with Crippen molar-refractivity contribution < 1.29 is 4.39 Å². The highest BCUT2D eigenvalue weighted by molar-refractivity contribution is 9.08. The molecular weight excluding hydrogens is 295 g/mol. The minimum absolute atomic E-state index is 0.107. The number of nitrogens with zero attached hydrogens (tertiary/aromatic N) is 2. The van der Waals surface area contributed by atoms with Gasteiger partial charge >= 0.3 is 0 Å². The molecule has 1 saturated heterocycles. The van der Waals surface area contributed by atoms with Gasteiger partial charge in [-0.3, -0.25) is 4.90 Å². The van der Waals surface area contributed by atoms with Gasteiger partial charge in [0, 0.05) is 37.6 Å². The number of hydrogen-bond donors (Lipinski definition) is 0. The van der Waals surface area contributed by atoms with Crippen LogP contribution in [0.5, 0.6) is 0 Å². The molecule has 1 aromatic carbocycles. The summed E-state index contributed by atoms with van der Waals surface area (Å²) in [6.07, 6.45) is 0. The van der Waals surface area contributed by atoms with Crippen LogP contribution in [0.25, 0.3) is 0 Å². The maximum atomic E-state index is 14.0. The molecule has 0 spiro atoms. The molecule has 0 aromatic heterocycles. The van der Waals surface area contributed by atoms with Crippen molar-refractivity contribution in [2.75, 3.05) is 31.1 Å². The predicted octanol–water partition coefficient (Wildman–Crippen LogP) is 3.25. The van der Waals surface area contributed by atoms with E-state index in [2.05, 4.69) is 39.6 Å². The van der Waals surface area contributed by atoms with E-state index in [0.29, 0.717) is 11.4 Å². The lowest BCUT2D eigenvalue weighted by Crippen LogP contribution is -2.49. The molecule has 100 valence electrons. The summed E-state index contributed by atoms with van der Waals surface area (Å²) in [6.45, 7) is 8.24. The minimum atomic E-state index is -0.107. The van der Waals surface area contributed by atoms with Gasteiger partial charge in [-0.25, -0.2) is 4.39 Å². The topological polar surface area (TPSA) is 6.48 Å². The van der Waals surface area contributed by atoms with Crippen LogP contribution in [0.4, 0.5) is 10.1 Å². The summed E-state index contributed by atoms with van der Waals surface area (Å²) < 4.78 is 14.0. The number of anilines is 1. The SMILES string of the molecule is CC(C)N1CCN(c2c(F)cccc2CBr)CC1. The Labute approximate surface area is 117 Å². The molecule has 0 N–H and O–H groups in total. The second-order valence-corrected chi connectivity index (χ2v) is 5.56. The molecule has 1 aliphatic rings. The summed E-state index contributed by atoms with van der Waals surface area (Å²) in [5, 5.41) is 0.699. The Hall–Kier alpha value is -0.610. The van der Waals surface area contributed by atoms with Gasteiger partial charge in [-0.1, -0.05) is 28.1 Å². The molecule has 2 rings (SSSR count). The molecule has 2 nitrogen and oxygen atoms in total. The van der Waals surface area contributed by atoms with Crippen LogP contribution in [0.15, 0.2) is 18.2 Å². The van der Waals surface area contributed by atoms with E-state index in [1.54, 1.807) is 12.1 Å². The summed E-state index contributed by atoms with van der Waals surface area (Å²) >= 11 is 3.44. The molecule has 18 heavy (non-hydrogen) atoms. The van der Waals surface area contributed by atoms with Crippen LogP contribution in [0.3, 0.4) is 0 Å². The smallest absolute Gasteiger partial charge is 0.146 e. The minimum Gasteiger partial charge on any atom is -0.366 e. The number of piperazine rings is 1. The predicted molar refractivity (Wildman–Crippen MR) is 78.0 cm³/mol. The van der Waals surface area contributed by atoms with E-state index in [1.165, 1.54) is 0 Å². The van der Waals surface area contributed by atoms with Gasteiger partial charge in [0.2, 0.25) is 0 Å². The van der Waals surface area contributed by atoms with Crippen LogP contribution >= 0.6 is 15.9 Å². The molecule has 1 fully saturated rings. The van der Waals surface area contributed by atoms with E-state index in [-0.39, 0.29) is 5.82 Å². The summed E-state index contributed by atoms with van der Waals surface area (Å²) in [4.78, 5) is 4.61. The Morgan fingerprint density at radius 3 is 2.44 bits per heavy atom. The zero-order valence-electron chi connectivity index (χ0n) is 11.0. The van der Waals surface area contributed by atoms with Gasteiger partial charge in [-0.15, -0.1) is 0 Å². The molecule has 0 amide bonds. The van der Waals surface area contributed by atoms with Gasteiger partial charge in [0.05, 0.1) is 5.69 Å². The van der Waals surface area contributed by atoms with Crippen molar-refractivity contribution >= 4 is 21.6 Å². The molecular formula is C14H20BrFN2. The van der Waals surface area contributed by atoms with Crippen molar-refractivity contribution in [3.63, 3.8) is 0 Å². The molecule has 0 aliphatic carbocycles. The molecule has 1 heterocycles. The first-order valence-corrected chi connectivity index (χ1v) is 7.58. The molecule has 1 aromatic rings. The Morgan fingerprint density at radius 1 is 1.22 bits per heavy atom. The largest absolute Gasteiger partial charge is 0.366 e. The fraction of sp³-hybridized carbons (Fsp3) is 0.571. The van der Waals surface area contributed by atoms with Crippen LogP contribution in [0, 0.1) is 5.82 Å². The lowest BCUT2D eigenvalue weighted by molar-refractivity contribution is 0.209. The average Bonchev–Trinajstić information content (AvgIpc) is 2.38. The van der Waals surface area contributed by atoms with E-state index in [4.69, 9.17) is 0 Å². The number of para-hydroxylation sites is 1. The van der Waals surface area contributed by atoms with Gasteiger partial charge in [0.25, 0.3) is 0 Å². The first kappa shape index (κ1) is 13.8. The molecule has 0 unspecified atom stereocenters. The Kier molecular flexibility index (Phi) is 4.62. The monoisotopic (exact) mass is 314 g/mol. The number of benzene rings is 1. The maximum Gasteiger partial charge on any atom is 0.146 e.